The fourth-order valence-corrected chi connectivity index (χ4v) is 6.52. The lowest BCUT2D eigenvalue weighted by atomic mass is 10.1. The molecular weight excluding hydrogens is 452 g/mol. The van der Waals surface area contributed by atoms with Crippen LogP contribution in [0.4, 0.5) is 0 Å². The zero-order valence-electron chi connectivity index (χ0n) is 19.9. The monoisotopic (exact) mass is 488 g/mol. The molecule has 0 atom stereocenters. The third kappa shape index (κ3) is 6.06. The van der Waals surface area contributed by atoms with E-state index in [0.717, 1.165) is 51.7 Å². The lowest BCUT2D eigenvalue weighted by Crippen LogP contribution is -2.32. The van der Waals surface area contributed by atoms with Crippen molar-refractivity contribution in [3.63, 3.8) is 0 Å². The number of hydrogen-bond donors (Lipinski definition) is 2. The average molecular weight is 489 g/mol. The summed E-state index contributed by atoms with van der Waals surface area (Å²) in [6.45, 7) is 4.69. The van der Waals surface area contributed by atoms with Crippen LogP contribution in [0.15, 0.2) is 34.0 Å². The molecule has 0 unspecified atom stereocenters. The van der Waals surface area contributed by atoms with Crippen LogP contribution >= 0.6 is 0 Å². The van der Waals surface area contributed by atoms with Gasteiger partial charge in [0, 0.05) is 36.6 Å². The molecule has 1 aromatic carbocycles. The van der Waals surface area contributed by atoms with Crippen LogP contribution in [0.1, 0.15) is 68.1 Å². The van der Waals surface area contributed by atoms with Gasteiger partial charge in [-0.3, -0.25) is 9.59 Å². The number of fused-ring (bicyclic) bond motifs is 1. The minimum absolute atomic E-state index is 0.157. The van der Waals surface area contributed by atoms with Crippen molar-refractivity contribution in [3.8, 4) is 0 Å². The van der Waals surface area contributed by atoms with Crippen molar-refractivity contribution >= 4 is 26.8 Å². The van der Waals surface area contributed by atoms with E-state index in [4.69, 9.17) is 0 Å². The number of nitrogens with zero attached hydrogens (tertiary/aromatic N) is 2. The molecule has 2 aromatic rings. The predicted molar refractivity (Wildman–Crippen MR) is 134 cm³/mol. The Kier molecular flexibility index (Phi) is 8.39. The first-order valence-corrected chi connectivity index (χ1v) is 14.1. The van der Waals surface area contributed by atoms with E-state index in [1.54, 1.807) is 6.07 Å². The van der Waals surface area contributed by atoms with Crippen LogP contribution in [0.3, 0.4) is 0 Å². The number of benzene rings is 1. The normalized spacial score (nSPS) is 18.9. The van der Waals surface area contributed by atoms with E-state index in [1.807, 2.05) is 0 Å². The van der Waals surface area contributed by atoms with Crippen molar-refractivity contribution in [3.05, 3.63) is 40.2 Å². The number of pyridine rings is 1. The molecule has 2 saturated heterocycles. The van der Waals surface area contributed by atoms with Crippen LogP contribution in [0, 0.1) is 0 Å². The zero-order chi connectivity index (χ0) is 24.0. The maximum Gasteiger partial charge on any atom is 0.252 e. The van der Waals surface area contributed by atoms with Crippen LogP contribution in [0.2, 0.25) is 0 Å². The molecule has 2 aliphatic rings. The first-order valence-electron chi connectivity index (χ1n) is 12.6. The molecule has 2 fully saturated rings. The number of sulfonamides is 1. The van der Waals surface area contributed by atoms with Crippen LogP contribution < -0.4 is 10.9 Å². The highest BCUT2D eigenvalue weighted by Crippen LogP contribution is 2.25. The molecule has 3 heterocycles. The van der Waals surface area contributed by atoms with E-state index in [9.17, 15) is 18.0 Å². The van der Waals surface area contributed by atoms with E-state index >= 15 is 0 Å². The van der Waals surface area contributed by atoms with E-state index < -0.39 is 10.0 Å². The Balaban J connectivity index is 1.50. The molecule has 34 heavy (non-hydrogen) atoms. The van der Waals surface area contributed by atoms with E-state index in [2.05, 4.69) is 15.2 Å². The van der Waals surface area contributed by atoms with Crippen LogP contribution in [-0.4, -0.2) is 67.8 Å². The van der Waals surface area contributed by atoms with Gasteiger partial charge in [-0.05, 0) is 69.9 Å². The minimum Gasteiger partial charge on any atom is -0.352 e. The number of rotatable bonds is 7. The van der Waals surface area contributed by atoms with Gasteiger partial charge in [-0.15, -0.1) is 0 Å². The summed E-state index contributed by atoms with van der Waals surface area (Å²) in [4.78, 5) is 30.5. The van der Waals surface area contributed by atoms with Gasteiger partial charge < -0.3 is 15.2 Å². The fraction of sp³-hybridized carbons (Fsp3) is 0.600. The summed E-state index contributed by atoms with van der Waals surface area (Å²) in [5.41, 5.74) is 0.281. The fourth-order valence-electron chi connectivity index (χ4n) is 4.97. The van der Waals surface area contributed by atoms with Gasteiger partial charge in [0.15, 0.2) is 0 Å². The van der Waals surface area contributed by atoms with Crippen molar-refractivity contribution in [1.82, 2.24) is 19.5 Å². The second-order valence-corrected chi connectivity index (χ2v) is 11.4. The number of carbonyl (C=O) groups is 1. The number of H-pyrrole nitrogens is 1. The Morgan fingerprint density at radius 2 is 1.56 bits per heavy atom. The average Bonchev–Trinajstić information content (AvgIpc) is 3.26. The minimum atomic E-state index is -3.66. The van der Waals surface area contributed by atoms with Gasteiger partial charge in [0.2, 0.25) is 15.6 Å². The number of carbonyl (C=O) groups excluding carboxylic acids is 1. The molecule has 2 aliphatic heterocycles. The van der Waals surface area contributed by atoms with Gasteiger partial charge in [0.1, 0.15) is 0 Å². The second-order valence-electron chi connectivity index (χ2n) is 9.44. The molecule has 9 heteroatoms. The first kappa shape index (κ1) is 24.9. The maximum absolute atomic E-state index is 13.3. The summed E-state index contributed by atoms with van der Waals surface area (Å²) in [5, 5.41) is 3.37. The van der Waals surface area contributed by atoms with Gasteiger partial charge in [0.25, 0.3) is 5.91 Å². The second kappa shape index (κ2) is 11.5. The Hall–Kier alpha value is -2.23. The molecule has 0 bridgehead atoms. The summed E-state index contributed by atoms with van der Waals surface area (Å²) >= 11 is 0. The lowest BCUT2D eigenvalue weighted by molar-refractivity contribution is 0.0953. The van der Waals surface area contributed by atoms with Gasteiger partial charge in [-0.2, -0.15) is 4.31 Å². The van der Waals surface area contributed by atoms with Gasteiger partial charge in [-0.1, -0.05) is 25.7 Å². The predicted octanol–water partition coefficient (Wildman–Crippen LogP) is 3.09. The van der Waals surface area contributed by atoms with Crippen LogP contribution in [0.25, 0.3) is 10.9 Å². The molecule has 8 nitrogen and oxygen atoms in total. The highest BCUT2D eigenvalue weighted by Gasteiger charge is 2.26. The standard InChI is InChI=1S/C25H36N4O4S/c30-24-19-22(25(31)26-12-9-15-28-13-5-1-2-6-14-28)21-18-20(10-11-23(21)27-24)34(32,33)29-16-7-3-4-8-17-29/h10-11,18-19H,1-9,12-17H2,(H,26,31)(H,27,30). The van der Waals surface area contributed by atoms with Crippen molar-refractivity contribution in [2.75, 3.05) is 39.3 Å². The molecule has 0 spiro atoms. The molecule has 1 aromatic heterocycles. The first-order chi connectivity index (χ1) is 16.4. The Morgan fingerprint density at radius 1 is 0.912 bits per heavy atom. The summed E-state index contributed by atoms with van der Waals surface area (Å²) in [6.07, 6.45) is 9.65. The van der Waals surface area contributed by atoms with Crippen molar-refractivity contribution in [2.24, 2.45) is 0 Å². The molecular formula is C25H36N4O4S. The molecule has 0 radical (unpaired) electrons. The molecule has 0 aliphatic carbocycles. The maximum atomic E-state index is 13.3. The SMILES string of the molecule is O=C(NCCCN1CCCCCC1)c1cc(=O)[nH]c2ccc(S(=O)(=O)N3CCCCCC3)cc12. The molecule has 1 amide bonds. The number of aromatic amines is 1. The summed E-state index contributed by atoms with van der Waals surface area (Å²) in [7, 11) is -3.66. The van der Waals surface area contributed by atoms with E-state index in [-0.39, 0.29) is 21.9 Å². The van der Waals surface area contributed by atoms with Gasteiger partial charge in [-0.25, -0.2) is 8.42 Å². The Labute approximate surface area is 201 Å². The number of hydrogen-bond acceptors (Lipinski definition) is 5. The smallest absolute Gasteiger partial charge is 0.252 e. The Morgan fingerprint density at radius 3 is 2.24 bits per heavy atom. The van der Waals surface area contributed by atoms with Crippen molar-refractivity contribution in [1.29, 1.82) is 0 Å². The highest BCUT2D eigenvalue weighted by atomic mass is 32.2. The third-order valence-corrected chi connectivity index (χ3v) is 8.79. The van der Waals surface area contributed by atoms with Gasteiger partial charge >= 0.3 is 0 Å². The Bertz CT molecular complexity index is 1150. The molecule has 186 valence electrons. The summed E-state index contributed by atoms with van der Waals surface area (Å²) in [5.74, 6) is -0.351. The number of nitrogens with one attached hydrogen (secondary N) is 2. The van der Waals surface area contributed by atoms with Crippen molar-refractivity contribution < 1.29 is 13.2 Å². The topological polar surface area (TPSA) is 103 Å². The third-order valence-electron chi connectivity index (χ3n) is 6.90. The van der Waals surface area contributed by atoms with Gasteiger partial charge in [0.05, 0.1) is 10.5 Å². The summed E-state index contributed by atoms with van der Waals surface area (Å²) < 4.78 is 28.1. The summed E-state index contributed by atoms with van der Waals surface area (Å²) in [6, 6.07) is 5.88. The highest BCUT2D eigenvalue weighted by molar-refractivity contribution is 7.89. The zero-order valence-corrected chi connectivity index (χ0v) is 20.7. The van der Waals surface area contributed by atoms with Crippen LogP contribution in [0.5, 0.6) is 0 Å². The number of amides is 1. The van der Waals surface area contributed by atoms with E-state index in [1.165, 1.54) is 48.2 Å². The van der Waals surface area contributed by atoms with Crippen molar-refractivity contribution in [2.45, 2.75) is 62.7 Å². The largest absolute Gasteiger partial charge is 0.352 e. The number of aromatic nitrogens is 1. The molecule has 0 saturated carbocycles. The number of likely N-dealkylation sites (tertiary alicyclic amines) is 1. The molecule has 2 N–H and O–H groups in total. The lowest BCUT2D eigenvalue weighted by Gasteiger charge is -2.20. The quantitative estimate of drug-likeness (QED) is 0.583. The van der Waals surface area contributed by atoms with Crippen LogP contribution in [-0.2, 0) is 10.0 Å². The van der Waals surface area contributed by atoms with E-state index in [0.29, 0.717) is 30.5 Å². The molecule has 4 rings (SSSR count).